The smallest absolute Gasteiger partial charge is 0.222 e. The topological polar surface area (TPSA) is 110 Å². The molecule has 2 aromatic rings. The van der Waals surface area contributed by atoms with E-state index >= 15 is 0 Å². The molecule has 0 saturated carbocycles. The molecular formula is C30H31NO6. The first kappa shape index (κ1) is 25.5. The number of hydrogen-bond acceptors (Lipinski definition) is 6. The largest absolute Gasteiger partial charge is 0.394 e. The van der Waals surface area contributed by atoms with Gasteiger partial charge in [-0.1, -0.05) is 36.8 Å². The SMILES string of the molecule is C#Cc1ccc2c(c1)C1(CCN(C(=O)CC)CC1)c1cc(C#CC3OC(CO)[C@@H](O)C(O)C3O)ccc1-2. The molecule has 4 N–H and O–H groups in total. The number of piperidine rings is 1. The molecule has 5 rings (SSSR count). The Morgan fingerprint density at radius 2 is 1.65 bits per heavy atom. The maximum atomic E-state index is 12.4. The van der Waals surface area contributed by atoms with Gasteiger partial charge in [0.25, 0.3) is 0 Å². The van der Waals surface area contributed by atoms with Crippen LogP contribution in [0.5, 0.6) is 0 Å². The zero-order chi connectivity index (χ0) is 26.3. The summed E-state index contributed by atoms with van der Waals surface area (Å²) in [4.78, 5) is 14.3. The van der Waals surface area contributed by atoms with Crippen LogP contribution in [0.1, 0.15) is 48.4 Å². The monoisotopic (exact) mass is 501 g/mol. The van der Waals surface area contributed by atoms with Gasteiger partial charge in [-0.05, 0) is 59.4 Å². The number of amides is 1. The van der Waals surface area contributed by atoms with Crippen molar-refractivity contribution >= 4 is 5.91 Å². The number of rotatable bonds is 2. The highest BCUT2D eigenvalue weighted by Gasteiger charge is 2.46. The van der Waals surface area contributed by atoms with Gasteiger partial charge in [0, 0.05) is 36.1 Å². The lowest BCUT2D eigenvalue weighted by Crippen LogP contribution is -2.58. The molecular weight excluding hydrogens is 470 g/mol. The molecule has 7 heteroatoms. The number of aliphatic hydroxyl groups excluding tert-OH is 4. The van der Waals surface area contributed by atoms with Crippen molar-refractivity contribution in [3.8, 4) is 35.3 Å². The second-order valence-corrected chi connectivity index (χ2v) is 10.0. The number of nitrogens with zero attached hydrogens (tertiary/aromatic N) is 1. The Bertz CT molecular complexity index is 1310. The number of fused-ring (bicyclic) bond motifs is 5. The molecule has 2 fully saturated rings. The van der Waals surface area contributed by atoms with Crippen LogP contribution in [0, 0.1) is 24.2 Å². The van der Waals surface area contributed by atoms with Gasteiger partial charge in [-0.25, -0.2) is 0 Å². The second-order valence-electron chi connectivity index (χ2n) is 10.0. The fourth-order valence-electron chi connectivity index (χ4n) is 5.94. The van der Waals surface area contributed by atoms with Gasteiger partial charge in [0.15, 0.2) is 0 Å². The normalized spacial score (nSPS) is 27.6. The highest BCUT2D eigenvalue weighted by Crippen LogP contribution is 2.54. The Kier molecular flexibility index (Phi) is 6.85. The van der Waals surface area contributed by atoms with E-state index in [1.165, 1.54) is 5.56 Å². The van der Waals surface area contributed by atoms with E-state index in [1.807, 2.05) is 30.0 Å². The highest BCUT2D eigenvalue weighted by atomic mass is 16.5. The molecule has 5 atom stereocenters. The van der Waals surface area contributed by atoms with Crippen molar-refractivity contribution in [1.82, 2.24) is 4.90 Å². The molecule has 4 unspecified atom stereocenters. The van der Waals surface area contributed by atoms with E-state index in [-0.39, 0.29) is 11.3 Å². The Hall–Kier alpha value is -3.17. The van der Waals surface area contributed by atoms with E-state index in [1.54, 1.807) is 0 Å². The van der Waals surface area contributed by atoms with Gasteiger partial charge in [0.1, 0.15) is 30.5 Å². The average molecular weight is 502 g/mol. The van der Waals surface area contributed by atoms with Crippen molar-refractivity contribution in [2.24, 2.45) is 0 Å². The van der Waals surface area contributed by atoms with E-state index < -0.39 is 37.1 Å². The minimum Gasteiger partial charge on any atom is -0.394 e. The summed E-state index contributed by atoms with van der Waals surface area (Å²) >= 11 is 0. The second kappa shape index (κ2) is 9.95. The quantitative estimate of drug-likeness (QED) is 0.460. The number of carbonyl (C=O) groups excluding carboxylic acids is 1. The molecule has 3 aliphatic rings. The fourth-order valence-corrected chi connectivity index (χ4v) is 5.94. The van der Waals surface area contributed by atoms with Crippen molar-refractivity contribution in [2.75, 3.05) is 19.7 Å². The minimum atomic E-state index is -1.47. The summed E-state index contributed by atoms with van der Waals surface area (Å²) < 4.78 is 5.54. The first-order valence-corrected chi connectivity index (χ1v) is 12.7. The summed E-state index contributed by atoms with van der Waals surface area (Å²) in [5, 5.41) is 39.9. The van der Waals surface area contributed by atoms with E-state index in [4.69, 9.17) is 11.2 Å². The summed E-state index contributed by atoms with van der Waals surface area (Å²) in [6, 6.07) is 12.1. The van der Waals surface area contributed by atoms with Gasteiger partial charge in [-0.3, -0.25) is 4.79 Å². The molecule has 1 spiro atoms. The van der Waals surface area contributed by atoms with Gasteiger partial charge in [0.2, 0.25) is 5.91 Å². The predicted octanol–water partition coefficient (Wildman–Crippen LogP) is 1.16. The molecule has 37 heavy (non-hydrogen) atoms. The number of aliphatic hydroxyl groups is 4. The number of carbonyl (C=O) groups is 1. The summed E-state index contributed by atoms with van der Waals surface area (Å²) in [5.74, 6) is 8.83. The predicted molar refractivity (Wildman–Crippen MR) is 137 cm³/mol. The van der Waals surface area contributed by atoms with E-state index in [0.29, 0.717) is 25.1 Å². The Balaban J connectivity index is 1.51. The van der Waals surface area contributed by atoms with E-state index in [2.05, 4.69) is 36.0 Å². The molecule has 2 heterocycles. The fraction of sp³-hybridized carbons (Fsp3) is 0.433. The third-order valence-electron chi connectivity index (χ3n) is 8.05. The van der Waals surface area contributed by atoms with Gasteiger partial charge in [-0.15, -0.1) is 6.42 Å². The molecule has 0 bridgehead atoms. The lowest BCUT2D eigenvalue weighted by molar-refractivity contribution is -0.214. The first-order chi connectivity index (χ1) is 17.8. The summed E-state index contributed by atoms with van der Waals surface area (Å²) in [6.45, 7) is 2.70. The molecule has 7 nitrogen and oxygen atoms in total. The number of ether oxygens (including phenoxy) is 1. The minimum absolute atomic E-state index is 0.157. The Morgan fingerprint density at radius 1 is 1.03 bits per heavy atom. The lowest BCUT2D eigenvalue weighted by atomic mass is 9.70. The van der Waals surface area contributed by atoms with Crippen LogP contribution in [0.4, 0.5) is 0 Å². The Morgan fingerprint density at radius 3 is 2.24 bits per heavy atom. The maximum Gasteiger partial charge on any atom is 0.222 e. The van der Waals surface area contributed by atoms with Crippen LogP contribution in [0.25, 0.3) is 11.1 Å². The molecule has 0 radical (unpaired) electrons. The number of terminal acetylenes is 1. The van der Waals surface area contributed by atoms with Crippen molar-refractivity contribution in [3.63, 3.8) is 0 Å². The molecule has 2 aliphatic heterocycles. The lowest BCUT2D eigenvalue weighted by Gasteiger charge is -2.41. The number of benzene rings is 2. The standard InChI is InChI=1S/C30H31NO6/c1-3-18-5-8-20-21-9-6-19(7-10-24-27(34)29(36)28(35)25(17-32)37-24)16-23(21)30(22(20)15-18)11-13-31(14-12-30)26(33)4-2/h1,5-6,8-9,15-16,24-25,27-29,32,34-36H,4,11-14,17H2,2H3/t24?,25?,27?,28-,29?/m1/s1. The van der Waals surface area contributed by atoms with Crippen LogP contribution in [0.3, 0.4) is 0 Å². The molecule has 1 amide bonds. The van der Waals surface area contributed by atoms with Crippen molar-refractivity contribution in [3.05, 3.63) is 58.7 Å². The number of hydrogen-bond donors (Lipinski definition) is 4. The maximum absolute atomic E-state index is 12.4. The van der Waals surface area contributed by atoms with Crippen LogP contribution in [0.15, 0.2) is 36.4 Å². The van der Waals surface area contributed by atoms with Crippen LogP contribution in [-0.2, 0) is 14.9 Å². The zero-order valence-corrected chi connectivity index (χ0v) is 20.7. The summed E-state index contributed by atoms with van der Waals surface area (Å²) in [5.41, 5.74) is 5.82. The van der Waals surface area contributed by atoms with E-state index in [9.17, 15) is 25.2 Å². The van der Waals surface area contributed by atoms with Crippen LogP contribution >= 0.6 is 0 Å². The number of likely N-dealkylation sites (tertiary alicyclic amines) is 1. The Labute approximate surface area is 216 Å². The molecule has 1 aliphatic carbocycles. The van der Waals surface area contributed by atoms with Crippen LogP contribution in [0.2, 0.25) is 0 Å². The molecule has 192 valence electrons. The zero-order valence-electron chi connectivity index (χ0n) is 20.7. The van der Waals surface area contributed by atoms with Crippen LogP contribution < -0.4 is 0 Å². The average Bonchev–Trinajstić information content (AvgIpc) is 3.19. The van der Waals surface area contributed by atoms with E-state index in [0.717, 1.165) is 35.1 Å². The van der Waals surface area contributed by atoms with Crippen LogP contribution in [-0.4, -0.2) is 81.4 Å². The van der Waals surface area contributed by atoms with Crippen molar-refractivity contribution in [2.45, 2.75) is 62.1 Å². The molecule has 2 aromatic carbocycles. The summed E-state index contributed by atoms with van der Waals surface area (Å²) in [7, 11) is 0. The summed E-state index contributed by atoms with van der Waals surface area (Å²) in [6.07, 6.45) is 1.41. The van der Waals surface area contributed by atoms with Gasteiger partial charge in [-0.2, -0.15) is 0 Å². The van der Waals surface area contributed by atoms with Gasteiger partial charge in [0.05, 0.1) is 6.61 Å². The third-order valence-corrected chi connectivity index (χ3v) is 8.05. The molecule has 0 aromatic heterocycles. The van der Waals surface area contributed by atoms with Crippen molar-refractivity contribution in [1.29, 1.82) is 0 Å². The van der Waals surface area contributed by atoms with Gasteiger partial charge < -0.3 is 30.1 Å². The molecule has 2 saturated heterocycles. The third kappa shape index (κ3) is 4.24. The first-order valence-electron chi connectivity index (χ1n) is 12.7. The van der Waals surface area contributed by atoms with Gasteiger partial charge >= 0.3 is 0 Å². The van der Waals surface area contributed by atoms with Crippen molar-refractivity contribution < 1.29 is 30.0 Å². The highest BCUT2D eigenvalue weighted by molar-refractivity contribution is 5.83.